The largest absolute Gasteiger partial charge is 1.00 e. The van der Waals surface area contributed by atoms with Crippen LogP contribution < -0.4 is 29.6 Å². The molecule has 0 aliphatic heterocycles. The van der Waals surface area contributed by atoms with Gasteiger partial charge in [0.2, 0.25) is 0 Å². The minimum atomic E-state index is -4.81. The van der Waals surface area contributed by atoms with E-state index in [2.05, 4.69) is 38.2 Å². The number of hydrogen-bond donors (Lipinski definition) is 0. The second-order valence-corrected chi connectivity index (χ2v) is 12.2. The van der Waals surface area contributed by atoms with Gasteiger partial charge in [-0.1, -0.05) is 76.7 Å². The number of allylic oxidation sites excluding steroid dienone is 4. The Hall–Kier alpha value is -1.45. The minimum Gasteiger partial charge on any atom is -0.744 e. The number of benzene rings is 1. The van der Waals surface area contributed by atoms with Gasteiger partial charge >= 0.3 is 41.5 Å². The van der Waals surface area contributed by atoms with E-state index in [1.54, 1.807) is 0 Å². The number of esters is 2. The van der Waals surface area contributed by atoms with Crippen LogP contribution in [0.5, 0.6) is 0 Å². The van der Waals surface area contributed by atoms with Gasteiger partial charge in [-0.25, -0.2) is 18.0 Å². The number of carbonyl (C=O) groups is 2. The number of rotatable bonds is 25. The Morgan fingerprint density at radius 1 is 0.628 bits per heavy atom. The van der Waals surface area contributed by atoms with Crippen molar-refractivity contribution in [3.63, 3.8) is 0 Å². The van der Waals surface area contributed by atoms with Gasteiger partial charge < -0.3 is 14.0 Å². The first-order valence-electron chi connectivity index (χ1n) is 16.0. The number of carbonyl (C=O) groups excluding carboxylic acids is 2. The van der Waals surface area contributed by atoms with Crippen molar-refractivity contribution in [1.82, 2.24) is 0 Å². The fourth-order valence-corrected chi connectivity index (χ4v) is 4.94. The Labute approximate surface area is 283 Å². The van der Waals surface area contributed by atoms with E-state index in [0.29, 0.717) is 12.8 Å². The van der Waals surface area contributed by atoms with Crippen molar-refractivity contribution < 1.29 is 61.6 Å². The summed E-state index contributed by atoms with van der Waals surface area (Å²) in [4.78, 5) is 24.9. The summed E-state index contributed by atoms with van der Waals surface area (Å²) in [6.07, 6.45) is 28.1. The predicted molar refractivity (Wildman–Crippen MR) is 168 cm³/mol. The molecule has 0 atom stereocenters. The first kappa shape index (κ1) is 41.5. The molecule has 1 rings (SSSR count). The SMILES string of the molecule is CCCCCC/C=C/CCCCCOC(=O)c1ccc(S(=O)(=O)[O-])cc1C(=O)OCCCCC/C=C/CCCCCC.[Na+]. The smallest absolute Gasteiger partial charge is 0.744 e. The number of ether oxygens (including phenoxy) is 2. The molecule has 7 nitrogen and oxygen atoms in total. The van der Waals surface area contributed by atoms with E-state index in [-0.39, 0.29) is 53.9 Å². The molecule has 0 radical (unpaired) electrons. The normalized spacial score (nSPS) is 11.6. The maximum absolute atomic E-state index is 12.8. The summed E-state index contributed by atoms with van der Waals surface area (Å²) < 4.78 is 45.2. The van der Waals surface area contributed by atoms with Gasteiger partial charge in [-0.2, -0.15) is 0 Å². The average molecular weight is 629 g/mol. The summed E-state index contributed by atoms with van der Waals surface area (Å²) in [6, 6.07) is 3.06. The van der Waals surface area contributed by atoms with E-state index in [1.165, 1.54) is 51.4 Å². The zero-order valence-electron chi connectivity index (χ0n) is 26.9. The summed E-state index contributed by atoms with van der Waals surface area (Å²) in [6.45, 7) is 4.72. The maximum atomic E-state index is 12.8. The fraction of sp³-hybridized carbons (Fsp3) is 0.647. The first-order valence-corrected chi connectivity index (χ1v) is 17.5. The van der Waals surface area contributed by atoms with Crippen LogP contribution in [0.1, 0.15) is 150 Å². The Bertz CT molecular complexity index is 1050. The van der Waals surface area contributed by atoms with Gasteiger partial charge in [0.15, 0.2) is 0 Å². The third kappa shape index (κ3) is 21.0. The number of hydrogen-bond acceptors (Lipinski definition) is 7. The topological polar surface area (TPSA) is 110 Å². The van der Waals surface area contributed by atoms with Crippen molar-refractivity contribution in [3.8, 4) is 0 Å². The Morgan fingerprint density at radius 3 is 1.42 bits per heavy atom. The second kappa shape index (κ2) is 26.9. The molecule has 0 amide bonds. The van der Waals surface area contributed by atoms with Gasteiger partial charge in [0, 0.05) is 0 Å². The Morgan fingerprint density at radius 2 is 1.02 bits per heavy atom. The van der Waals surface area contributed by atoms with Gasteiger partial charge in [0.1, 0.15) is 10.1 Å². The van der Waals surface area contributed by atoms with Crippen molar-refractivity contribution in [1.29, 1.82) is 0 Å². The van der Waals surface area contributed by atoms with E-state index in [1.807, 2.05) is 0 Å². The Balaban J connectivity index is 0.0000176. The molecule has 0 aliphatic rings. The van der Waals surface area contributed by atoms with E-state index in [9.17, 15) is 22.6 Å². The average Bonchev–Trinajstić information content (AvgIpc) is 2.97. The summed E-state index contributed by atoms with van der Waals surface area (Å²) in [5.74, 6) is -1.59. The molecular weight excluding hydrogens is 575 g/mol. The molecule has 1 aromatic carbocycles. The maximum Gasteiger partial charge on any atom is 1.00 e. The van der Waals surface area contributed by atoms with Gasteiger partial charge in [0.05, 0.1) is 29.2 Å². The molecule has 0 aromatic heterocycles. The summed E-state index contributed by atoms with van der Waals surface area (Å²) in [5, 5.41) is 0. The van der Waals surface area contributed by atoms with E-state index in [4.69, 9.17) is 9.47 Å². The van der Waals surface area contributed by atoms with Crippen LogP contribution in [0.15, 0.2) is 47.4 Å². The quantitative estimate of drug-likeness (QED) is 0.0424. The molecular formula is C34H53NaO7S. The molecule has 0 bridgehead atoms. The molecule has 0 unspecified atom stereocenters. The van der Waals surface area contributed by atoms with Crippen LogP contribution in [0.4, 0.5) is 0 Å². The molecule has 0 spiro atoms. The standard InChI is InChI=1S/C34H54O7S.Na/c1-3-5-7-9-11-13-15-17-19-21-23-27-40-33(35)31-26-25-30(42(37,38)39)29-32(31)34(36)41-28-24-22-20-18-16-14-12-10-8-6-4-2;/h13-16,25-26,29H,3-12,17-24,27-28H2,1-2H3,(H,37,38,39);/q;+1/p-1/b15-13+,16-14+;. The zero-order chi connectivity index (χ0) is 30.9. The van der Waals surface area contributed by atoms with E-state index in [0.717, 1.165) is 69.6 Å². The van der Waals surface area contributed by atoms with Crippen LogP contribution in [0.3, 0.4) is 0 Å². The van der Waals surface area contributed by atoms with Gasteiger partial charge in [-0.05, 0) is 95.2 Å². The molecule has 0 N–H and O–H groups in total. The molecule has 0 aliphatic carbocycles. The Kier molecular flexibility index (Phi) is 26.0. The summed E-state index contributed by atoms with van der Waals surface area (Å²) in [7, 11) is -4.81. The van der Waals surface area contributed by atoms with E-state index >= 15 is 0 Å². The summed E-state index contributed by atoms with van der Waals surface area (Å²) >= 11 is 0. The number of unbranched alkanes of at least 4 members (excludes halogenated alkanes) is 14. The van der Waals surface area contributed by atoms with Gasteiger partial charge in [-0.3, -0.25) is 0 Å². The minimum absolute atomic E-state index is 0. The van der Waals surface area contributed by atoms with Crippen molar-refractivity contribution in [3.05, 3.63) is 53.6 Å². The van der Waals surface area contributed by atoms with Crippen LogP contribution in [0, 0.1) is 0 Å². The third-order valence-corrected chi connectivity index (χ3v) is 7.83. The van der Waals surface area contributed by atoms with Crippen molar-refractivity contribution in [2.45, 2.75) is 134 Å². The van der Waals surface area contributed by atoms with E-state index < -0.39 is 27.0 Å². The van der Waals surface area contributed by atoms with Crippen molar-refractivity contribution >= 4 is 22.1 Å². The van der Waals surface area contributed by atoms with Crippen LogP contribution in [0.25, 0.3) is 0 Å². The van der Waals surface area contributed by atoms with Crippen LogP contribution in [-0.4, -0.2) is 38.1 Å². The zero-order valence-corrected chi connectivity index (χ0v) is 29.8. The monoisotopic (exact) mass is 628 g/mol. The molecule has 0 heterocycles. The molecule has 43 heavy (non-hydrogen) atoms. The molecule has 9 heteroatoms. The first-order chi connectivity index (χ1) is 20.3. The van der Waals surface area contributed by atoms with Crippen LogP contribution in [-0.2, 0) is 19.6 Å². The van der Waals surface area contributed by atoms with Crippen molar-refractivity contribution in [2.75, 3.05) is 13.2 Å². The molecule has 0 saturated carbocycles. The van der Waals surface area contributed by atoms with Gasteiger partial charge in [0.25, 0.3) is 0 Å². The molecule has 0 saturated heterocycles. The third-order valence-electron chi connectivity index (χ3n) is 7.00. The molecule has 1 aromatic rings. The van der Waals surface area contributed by atoms with Crippen LogP contribution in [0.2, 0.25) is 0 Å². The predicted octanol–water partition coefficient (Wildman–Crippen LogP) is 6.08. The second-order valence-electron chi connectivity index (χ2n) is 10.8. The van der Waals surface area contributed by atoms with Crippen molar-refractivity contribution in [2.24, 2.45) is 0 Å². The van der Waals surface area contributed by atoms with Crippen LogP contribution >= 0.6 is 0 Å². The van der Waals surface area contributed by atoms with Gasteiger partial charge in [-0.15, -0.1) is 0 Å². The summed E-state index contributed by atoms with van der Waals surface area (Å²) in [5.41, 5.74) is -0.380. The fourth-order valence-electron chi connectivity index (χ4n) is 4.44. The molecule has 0 fully saturated rings. The molecule has 238 valence electrons.